The monoisotopic (exact) mass is 251 g/mol. The van der Waals surface area contributed by atoms with E-state index in [-0.39, 0.29) is 0 Å². The van der Waals surface area contributed by atoms with Crippen molar-refractivity contribution in [3.63, 3.8) is 0 Å². The number of rotatable bonds is 8. The zero-order valence-corrected chi connectivity index (χ0v) is 15.8. The number of unbranched alkanes of at least 4 members (excludes halogenated alkanes) is 1. The molecule has 0 atom stereocenters. The molecule has 0 unspecified atom stereocenters. The average molecular weight is 252 g/mol. The van der Waals surface area contributed by atoms with E-state index in [4.69, 9.17) is 10.5 Å². The summed E-state index contributed by atoms with van der Waals surface area (Å²) in [6, 6.07) is 2.77. The van der Waals surface area contributed by atoms with Crippen molar-refractivity contribution in [3.8, 4) is 0 Å². The van der Waals surface area contributed by atoms with E-state index in [9.17, 15) is 0 Å². The van der Waals surface area contributed by atoms with Crippen LogP contribution in [0.25, 0.3) is 0 Å². The highest BCUT2D eigenvalue weighted by atomic mass is 29.1. The van der Waals surface area contributed by atoms with Crippen molar-refractivity contribution in [2.45, 2.75) is 38.3 Å². The van der Waals surface area contributed by atoms with Crippen LogP contribution in [0.4, 0.5) is 0 Å². The van der Waals surface area contributed by atoms with Crippen LogP contribution in [0, 0.1) is 0 Å². The van der Waals surface area contributed by atoms with Crippen LogP contribution in [0.1, 0.15) is 26.2 Å². The van der Waals surface area contributed by atoms with Crippen molar-refractivity contribution in [1.82, 2.24) is 0 Å². The third kappa shape index (κ3) is 22.9. The maximum absolute atomic E-state index is 5.26. The first-order valence-corrected chi connectivity index (χ1v) is 14.2. The van der Waals surface area contributed by atoms with Gasteiger partial charge in [0.2, 0.25) is 0 Å². The minimum absolute atomic E-state index is 0.462. The van der Waals surface area contributed by atoms with Gasteiger partial charge in [-0.1, -0.05) is 19.4 Å². The maximum atomic E-state index is 5.26. The number of ether oxygens (including phenoxy) is 1. The second-order valence-corrected chi connectivity index (χ2v) is 9.17. The lowest BCUT2D eigenvalue weighted by molar-refractivity contribution is 0.145. The number of hydrogen-bond donors (Lipinski definition) is 1. The van der Waals surface area contributed by atoms with Crippen molar-refractivity contribution in [2.75, 3.05) is 19.8 Å². The molecule has 0 bridgehead atoms. The Balaban J connectivity index is 0. The van der Waals surface area contributed by atoms with Crippen molar-refractivity contribution < 1.29 is 4.74 Å². The Morgan fingerprint density at radius 2 is 2.00 bits per heavy atom. The van der Waals surface area contributed by atoms with Gasteiger partial charge in [-0.15, -0.1) is 0 Å². The lowest BCUT2D eigenvalue weighted by atomic mass is 10.4. The third-order valence-corrected chi connectivity index (χ3v) is 5.54. The van der Waals surface area contributed by atoms with Gasteiger partial charge in [0, 0.05) is 32.5 Å². The summed E-state index contributed by atoms with van der Waals surface area (Å²) in [5.74, 6) is 0. The Morgan fingerprint density at radius 1 is 1.29 bits per heavy atom. The van der Waals surface area contributed by atoms with E-state index in [1.54, 1.807) is 0 Å². The summed E-state index contributed by atoms with van der Waals surface area (Å²) in [7, 11) is 3.23. The summed E-state index contributed by atoms with van der Waals surface area (Å²) < 4.78 is 5.26. The summed E-state index contributed by atoms with van der Waals surface area (Å²) in [5.41, 5.74) is 5.25. The molecule has 0 heterocycles. The molecule has 0 saturated heterocycles. The summed E-state index contributed by atoms with van der Waals surface area (Å²) in [6.07, 6.45) is 3.76. The first-order chi connectivity index (χ1) is 6.83. The highest BCUT2D eigenvalue weighted by Crippen LogP contribution is 1.87. The number of nitrogens with two attached hydrogens (primary N) is 1. The highest BCUT2D eigenvalue weighted by molar-refractivity contribution is 6.89. The van der Waals surface area contributed by atoms with E-state index in [1.807, 2.05) is 0 Å². The molecule has 0 saturated carbocycles. The van der Waals surface area contributed by atoms with E-state index < -0.39 is 0 Å². The molecule has 0 fully saturated rings. The van der Waals surface area contributed by atoms with Crippen LogP contribution in [0.2, 0.25) is 12.1 Å². The molecular weight excluding hydrogens is 222 g/mol. The van der Waals surface area contributed by atoms with Crippen LogP contribution in [-0.4, -0.2) is 48.8 Å². The van der Waals surface area contributed by atoms with Gasteiger partial charge in [0.25, 0.3) is 0 Å². The normalized spacial score (nSPS) is 10.7. The van der Waals surface area contributed by atoms with E-state index >= 15 is 0 Å². The summed E-state index contributed by atoms with van der Waals surface area (Å²) in [4.78, 5) is 0. The molecule has 88 valence electrons. The molecule has 0 aliphatic carbocycles. The van der Waals surface area contributed by atoms with Crippen molar-refractivity contribution >= 4 is 29.0 Å². The standard InChI is InChI=1S/C6H16OSi.C3H13NSi2/c1-2-3-4-7-5-6-8;4-2-1-3-6-5/h2-6H2,1,8H3;1-4,6H2,5H3. The predicted molar refractivity (Wildman–Crippen MR) is 77.4 cm³/mol. The molecule has 2 N–H and O–H groups in total. The van der Waals surface area contributed by atoms with Crippen LogP contribution >= 0.6 is 0 Å². The van der Waals surface area contributed by atoms with E-state index in [2.05, 4.69) is 6.92 Å². The molecule has 0 aromatic heterocycles. The molecular formula is C9H29NOSi3. The van der Waals surface area contributed by atoms with Gasteiger partial charge in [-0.2, -0.15) is 0 Å². The molecule has 0 radical (unpaired) electrons. The van der Waals surface area contributed by atoms with Crippen LogP contribution in [0.5, 0.6) is 0 Å². The summed E-state index contributed by atoms with van der Waals surface area (Å²) in [6.45, 7) is 5.06. The van der Waals surface area contributed by atoms with Crippen LogP contribution < -0.4 is 5.73 Å². The van der Waals surface area contributed by atoms with Crippen molar-refractivity contribution in [1.29, 1.82) is 0 Å². The fourth-order valence-corrected chi connectivity index (χ4v) is 3.46. The fraction of sp³-hybridized carbons (Fsp3) is 1.00. The predicted octanol–water partition coefficient (Wildman–Crippen LogP) is -1.21. The molecule has 0 spiro atoms. The minimum atomic E-state index is 0.462. The van der Waals surface area contributed by atoms with Crippen molar-refractivity contribution in [3.05, 3.63) is 0 Å². The van der Waals surface area contributed by atoms with E-state index in [0.717, 1.165) is 19.8 Å². The average Bonchev–Trinajstić information content (AvgIpc) is 2.22. The SMILES string of the molecule is CCCCOCC[SiH3].NCCC[SiH2][SiH3]. The van der Waals surface area contributed by atoms with Gasteiger partial charge in [0.05, 0.1) is 0 Å². The quantitative estimate of drug-likeness (QED) is 0.434. The first-order valence-electron chi connectivity index (χ1n) is 6.11. The lowest BCUT2D eigenvalue weighted by Gasteiger charge is -1.97. The second kappa shape index (κ2) is 19.2. The molecule has 0 aliphatic rings. The smallest absolute Gasteiger partial charge is 0.0465 e. The molecule has 0 aromatic rings. The van der Waals surface area contributed by atoms with Crippen LogP contribution in [0.3, 0.4) is 0 Å². The fourth-order valence-electron chi connectivity index (χ4n) is 0.887. The van der Waals surface area contributed by atoms with Gasteiger partial charge in [-0.05, 0) is 35.2 Å². The van der Waals surface area contributed by atoms with Crippen LogP contribution in [-0.2, 0) is 4.74 Å². The van der Waals surface area contributed by atoms with Gasteiger partial charge in [0.1, 0.15) is 0 Å². The third-order valence-electron chi connectivity index (χ3n) is 1.80. The van der Waals surface area contributed by atoms with E-state index in [1.165, 1.54) is 51.4 Å². The van der Waals surface area contributed by atoms with Gasteiger partial charge in [-0.25, -0.2) is 0 Å². The molecule has 0 amide bonds. The highest BCUT2D eigenvalue weighted by Gasteiger charge is 1.81. The molecule has 0 aliphatic heterocycles. The Bertz CT molecular complexity index is 76.5. The molecule has 0 rings (SSSR count). The summed E-state index contributed by atoms with van der Waals surface area (Å²) in [5, 5.41) is 0. The zero-order chi connectivity index (χ0) is 11.1. The molecule has 0 aromatic carbocycles. The molecule has 14 heavy (non-hydrogen) atoms. The second-order valence-electron chi connectivity index (χ2n) is 3.46. The largest absolute Gasteiger partial charge is 0.382 e. The Labute approximate surface area is 97.8 Å². The van der Waals surface area contributed by atoms with E-state index in [0.29, 0.717) is 9.04 Å². The zero-order valence-electron chi connectivity index (χ0n) is 10.3. The Kier molecular flexibility index (Phi) is 23.3. The van der Waals surface area contributed by atoms with Gasteiger partial charge >= 0.3 is 0 Å². The molecule has 2 nitrogen and oxygen atoms in total. The summed E-state index contributed by atoms with van der Waals surface area (Å²) >= 11 is 0. The first kappa shape index (κ1) is 17.0. The topological polar surface area (TPSA) is 35.2 Å². The van der Waals surface area contributed by atoms with Gasteiger partial charge in [-0.3, -0.25) is 0 Å². The maximum Gasteiger partial charge on any atom is 0.0465 e. The van der Waals surface area contributed by atoms with Gasteiger partial charge < -0.3 is 10.5 Å². The number of hydrogen-bond acceptors (Lipinski definition) is 2. The van der Waals surface area contributed by atoms with Gasteiger partial charge in [0.15, 0.2) is 0 Å². The molecule has 5 heteroatoms. The minimum Gasteiger partial charge on any atom is -0.382 e. The lowest BCUT2D eigenvalue weighted by Crippen LogP contribution is -1.99. The Morgan fingerprint density at radius 3 is 2.36 bits per heavy atom. The van der Waals surface area contributed by atoms with Crippen molar-refractivity contribution in [2.24, 2.45) is 5.73 Å². The Hall–Kier alpha value is 0.571. The van der Waals surface area contributed by atoms with Crippen LogP contribution in [0.15, 0.2) is 0 Å².